The normalized spacial score (nSPS) is 12.6. The predicted molar refractivity (Wildman–Crippen MR) is 171 cm³/mol. The molecule has 2 aliphatic heterocycles. The lowest BCUT2D eigenvalue weighted by Gasteiger charge is -2.23. The lowest BCUT2D eigenvalue weighted by molar-refractivity contribution is 0.173. The lowest BCUT2D eigenvalue weighted by atomic mass is 9.92. The van der Waals surface area contributed by atoms with Crippen molar-refractivity contribution in [3.63, 3.8) is 0 Å². The second-order valence-electron chi connectivity index (χ2n) is 10.7. The molecule has 0 aliphatic carbocycles. The average molecular weight is 631 g/mol. The number of ether oxygens (including phenoxy) is 10. The van der Waals surface area contributed by atoms with Crippen molar-refractivity contribution >= 4 is 0 Å². The van der Waals surface area contributed by atoms with E-state index in [-0.39, 0.29) is 13.6 Å². The molecule has 4 aromatic carbocycles. The fraction of sp³-hybridized carbons (Fsp3) is 0.333. The van der Waals surface area contributed by atoms with Gasteiger partial charge in [-0.2, -0.15) is 0 Å². The highest BCUT2D eigenvalue weighted by Crippen LogP contribution is 2.53. The largest absolute Gasteiger partial charge is 0.492 e. The van der Waals surface area contributed by atoms with Crippen LogP contribution >= 0.6 is 0 Å². The van der Waals surface area contributed by atoms with E-state index in [1.807, 2.05) is 36.4 Å². The van der Waals surface area contributed by atoms with Gasteiger partial charge in [-0.15, -0.1) is 0 Å². The maximum Gasteiger partial charge on any atom is 0.231 e. The van der Waals surface area contributed by atoms with Crippen LogP contribution < -0.4 is 47.4 Å². The van der Waals surface area contributed by atoms with Gasteiger partial charge in [0.1, 0.15) is 0 Å². The topological polar surface area (TPSA) is 92.3 Å². The Balaban J connectivity index is 1.43. The van der Waals surface area contributed by atoms with E-state index in [0.29, 0.717) is 47.3 Å². The van der Waals surface area contributed by atoms with Gasteiger partial charge in [0.25, 0.3) is 0 Å². The van der Waals surface area contributed by atoms with Crippen LogP contribution in [0.2, 0.25) is 0 Å². The van der Waals surface area contributed by atoms with Crippen LogP contribution in [0.15, 0.2) is 48.5 Å². The van der Waals surface area contributed by atoms with Gasteiger partial charge in [0.05, 0.1) is 42.7 Å². The van der Waals surface area contributed by atoms with Gasteiger partial charge in [0.15, 0.2) is 46.0 Å². The van der Waals surface area contributed by atoms with Gasteiger partial charge in [-0.1, -0.05) is 12.1 Å². The highest BCUT2D eigenvalue weighted by Gasteiger charge is 2.28. The third-order valence-corrected chi connectivity index (χ3v) is 8.29. The third-order valence-electron chi connectivity index (χ3n) is 8.29. The quantitative estimate of drug-likeness (QED) is 0.165. The lowest BCUT2D eigenvalue weighted by Crippen LogP contribution is -2.05. The molecule has 0 atom stereocenters. The van der Waals surface area contributed by atoms with Crippen LogP contribution in [0.5, 0.6) is 57.5 Å². The Labute approximate surface area is 268 Å². The summed E-state index contributed by atoms with van der Waals surface area (Å²) in [5, 5.41) is 0. The van der Waals surface area contributed by atoms with Crippen LogP contribution in [0, 0.1) is 0 Å². The summed E-state index contributed by atoms with van der Waals surface area (Å²) in [7, 11) is 9.70. The molecule has 0 amide bonds. The Hall–Kier alpha value is -5.12. The summed E-state index contributed by atoms with van der Waals surface area (Å²) < 4.78 is 57.8. The van der Waals surface area contributed by atoms with Gasteiger partial charge in [0, 0.05) is 11.1 Å². The first-order valence-corrected chi connectivity index (χ1v) is 14.9. The van der Waals surface area contributed by atoms with Crippen molar-refractivity contribution in [3.8, 4) is 68.6 Å². The van der Waals surface area contributed by atoms with Gasteiger partial charge in [-0.05, 0) is 84.3 Å². The van der Waals surface area contributed by atoms with Gasteiger partial charge in [-0.3, -0.25) is 0 Å². The molecule has 0 radical (unpaired) electrons. The molecule has 242 valence electrons. The van der Waals surface area contributed by atoms with Crippen LogP contribution in [-0.2, 0) is 25.7 Å². The number of methoxy groups -OCH3 is 6. The molecule has 0 saturated carbocycles. The van der Waals surface area contributed by atoms with Gasteiger partial charge < -0.3 is 47.4 Å². The summed E-state index contributed by atoms with van der Waals surface area (Å²) in [6.45, 7) is 0.467. The number of hydrogen-bond acceptors (Lipinski definition) is 10. The highest BCUT2D eigenvalue weighted by molar-refractivity contribution is 5.85. The molecule has 6 rings (SSSR count). The molecule has 0 bridgehead atoms. The first-order valence-electron chi connectivity index (χ1n) is 14.9. The Morgan fingerprint density at radius 1 is 0.413 bits per heavy atom. The van der Waals surface area contributed by atoms with E-state index in [9.17, 15) is 0 Å². The predicted octanol–water partition coefficient (Wildman–Crippen LogP) is 6.43. The van der Waals surface area contributed by atoms with E-state index in [2.05, 4.69) is 12.1 Å². The number of hydrogen-bond donors (Lipinski definition) is 0. The van der Waals surface area contributed by atoms with Crippen LogP contribution in [-0.4, -0.2) is 56.2 Å². The molecular formula is C36H38O10. The third kappa shape index (κ3) is 5.71. The second kappa shape index (κ2) is 13.5. The zero-order chi connectivity index (χ0) is 32.2. The standard InChI is InChI=1S/C36H38O10/c1-37-31-23(11-7-21-9-13-27-29(15-21)45-19-43-27)17-25(33(39-3)35(31)41-5)26-18-24(32(38-2)36(42-6)34(26)40-4)12-8-22-10-14-28-30(16-22)46-20-44-28/h9-10,13-18H,7-8,11-12,19-20H2,1-6H3. The van der Waals surface area contributed by atoms with Crippen LogP contribution in [0.25, 0.3) is 11.1 Å². The van der Waals surface area contributed by atoms with E-state index in [4.69, 9.17) is 47.4 Å². The van der Waals surface area contributed by atoms with Crippen LogP contribution in [0.4, 0.5) is 0 Å². The SMILES string of the molecule is COc1c(CCc2ccc3c(c2)OCO3)cc(-c2cc(CCc3ccc4c(c3)OCO4)c(OC)c(OC)c2OC)c(OC)c1OC. The highest BCUT2D eigenvalue weighted by atomic mass is 16.7. The van der Waals surface area contributed by atoms with E-state index < -0.39 is 0 Å². The number of benzene rings is 4. The smallest absolute Gasteiger partial charge is 0.231 e. The van der Waals surface area contributed by atoms with Crippen molar-refractivity contribution in [2.24, 2.45) is 0 Å². The van der Waals surface area contributed by atoms with Crippen molar-refractivity contribution < 1.29 is 47.4 Å². The molecule has 0 fully saturated rings. The monoisotopic (exact) mass is 630 g/mol. The fourth-order valence-corrected chi connectivity index (χ4v) is 6.10. The Kier molecular flexibility index (Phi) is 9.05. The second-order valence-corrected chi connectivity index (χ2v) is 10.7. The molecule has 2 heterocycles. The van der Waals surface area contributed by atoms with Crippen LogP contribution in [0.3, 0.4) is 0 Å². The maximum atomic E-state index is 5.99. The molecule has 2 aliphatic rings. The molecule has 0 unspecified atom stereocenters. The van der Waals surface area contributed by atoms with E-state index in [1.54, 1.807) is 42.7 Å². The first kappa shape index (κ1) is 30.9. The molecule has 0 saturated heterocycles. The zero-order valence-electron chi connectivity index (χ0n) is 26.9. The van der Waals surface area contributed by atoms with Crippen LogP contribution in [0.1, 0.15) is 22.3 Å². The first-order chi connectivity index (χ1) is 22.5. The molecule has 4 aromatic rings. The van der Waals surface area contributed by atoms with Crippen molar-refractivity contribution in [1.82, 2.24) is 0 Å². The molecule has 10 heteroatoms. The average Bonchev–Trinajstić information content (AvgIpc) is 3.77. The summed E-state index contributed by atoms with van der Waals surface area (Å²) in [6, 6.07) is 16.1. The van der Waals surface area contributed by atoms with Crippen molar-refractivity contribution in [2.45, 2.75) is 25.7 Å². The van der Waals surface area contributed by atoms with Gasteiger partial charge in [-0.25, -0.2) is 0 Å². The summed E-state index contributed by atoms with van der Waals surface area (Å²) in [4.78, 5) is 0. The van der Waals surface area contributed by atoms with Gasteiger partial charge >= 0.3 is 0 Å². The summed E-state index contributed by atoms with van der Waals surface area (Å²) in [5.41, 5.74) is 5.62. The fourth-order valence-electron chi connectivity index (χ4n) is 6.10. The Bertz CT molecular complexity index is 1600. The summed E-state index contributed by atoms with van der Waals surface area (Å²) in [5.74, 6) is 6.22. The minimum absolute atomic E-state index is 0.234. The minimum atomic E-state index is 0.234. The molecule has 46 heavy (non-hydrogen) atoms. The van der Waals surface area contributed by atoms with Crippen molar-refractivity contribution in [2.75, 3.05) is 56.2 Å². The Morgan fingerprint density at radius 2 is 0.783 bits per heavy atom. The zero-order valence-corrected chi connectivity index (χ0v) is 26.9. The maximum absolute atomic E-state index is 5.99. The summed E-state index contributed by atoms with van der Waals surface area (Å²) in [6.07, 6.45) is 2.77. The Morgan fingerprint density at radius 3 is 1.15 bits per heavy atom. The van der Waals surface area contributed by atoms with E-state index >= 15 is 0 Å². The number of fused-ring (bicyclic) bond motifs is 2. The van der Waals surface area contributed by atoms with Crippen molar-refractivity contribution in [3.05, 3.63) is 70.8 Å². The number of rotatable bonds is 13. The molecule has 10 nitrogen and oxygen atoms in total. The molecule has 0 spiro atoms. The molecular weight excluding hydrogens is 592 g/mol. The number of aryl methyl sites for hydroxylation is 4. The molecule has 0 N–H and O–H groups in total. The molecule has 0 aromatic heterocycles. The van der Waals surface area contributed by atoms with E-state index in [1.165, 1.54) is 0 Å². The minimum Gasteiger partial charge on any atom is -0.492 e. The van der Waals surface area contributed by atoms with Gasteiger partial charge in [0.2, 0.25) is 25.1 Å². The van der Waals surface area contributed by atoms with Crippen molar-refractivity contribution in [1.29, 1.82) is 0 Å². The summed E-state index contributed by atoms with van der Waals surface area (Å²) >= 11 is 0. The van der Waals surface area contributed by atoms with E-state index in [0.717, 1.165) is 69.2 Å².